The molecule has 0 saturated heterocycles. The summed E-state index contributed by atoms with van der Waals surface area (Å²) in [5.41, 5.74) is 0.857. The molecule has 2 aromatic rings. The third-order valence-corrected chi connectivity index (χ3v) is 6.31. The number of pyridine rings is 1. The van der Waals surface area contributed by atoms with E-state index in [-0.39, 0.29) is 5.97 Å². The maximum atomic E-state index is 12.0. The predicted octanol–water partition coefficient (Wildman–Crippen LogP) is 6.39. The number of ether oxygens (including phenoxy) is 2. The Bertz CT molecular complexity index is 919. The van der Waals surface area contributed by atoms with Crippen LogP contribution in [0.4, 0.5) is 5.82 Å². The molecule has 0 N–H and O–H groups in total. The third-order valence-electron chi connectivity index (χ3n) is 6.31. The number of aromatic nitrogens is 1. The second-order valence-electron chi connectivity index (χ2n) is 11.2. The Morgan fingerprint density at radius 2 is 1.72 bits per heavy atom. The van der Waals surface area contributed by atoms with Crippen molar-refractivity contribution in [3.05, 3.63) is 30.3 Å². The van der Waals surface area contributed by atoms with Crippen LogP contribution in [0.15, 0.2) is 30.3 Å². The lowest BCUT2D eigenvalue weighted by atomic mass is 9.72. The fourth-order valence-electron chi connectivity index (χ4n) is 4.38. The zero-order chi connectivity index (χ0) is 23.5. The zero-order valence-corrected chi connectivity index (χ0v) is 20.9. The largest absolute Gasteiger partial charge is 0.490 e. The van der Waals surface area contributed by atoms with Crippen molar-refractivity contribution in [1.29, 1.82) is 0 Å². The van der Waals surface area contributed by atoms with Crippen LogP contribution in [-0.2, 0) is 9.53 Å². The van der Waals surface area contributed by atoms with E-state index >= 15 is 0 Å². The Kier molecular flexibility index (Phi) is 7.36. The van der Waals surface area contributed by atoms with Crippen molar-refractivity contribution in [3.63, 3.8) is 0 Å². The van der Waals surface area contributed by atoms with E-state index in [4.69, 9.17) is 14.5 Å². The van der Waals surface area contributed by atoms with E-state index in [0.717, 1.165) is 41.2 Å². The van der Waals surface area contributed by atoms with Crippen LogP contribution >= 0.6 is 0 Å². The molecule has 0 amide bonds. The molecular weight excluding hydrogens is 400 g/mol. The summed E-state index contributed by atoms with van der Waals surface area (Å²) in [7, 11) is 1.95. The van der Waals surface area contributed by atoms with Crippen LogP contribution < -0.4 is 9.64 Å². The fourth-order valence-corrected chi connectivity index (χ4v) is 4.38. The smallest absolute Gasteiger partial charge is 0.308 e. The number of esters is 1. The van der Waals surface area contributed by atoms with Crippen LogP contribution in [0.2, 0.25) is 0 Å². The first-order chi connectivity index (χ1) is 14.9. The van der Waals surface area contributed by atoms with Crippen molar-refractivity contribution < 1.29 is 14.3 Å². The molecule has 32 heavy (non-hydrogen) atoms. The molecule has 5 heteroatoms. The molecule has 3 rings (SSSR count). The van der Waals surface area contributed by atoms with Gasteiger partial charge < -0.3 is 14.4 Å². The average Bonchev–Trinajstić information content (AvgIpc) is 2.70. The van der Waals surface area contributed by atoms with Crippen molar-refractivity contribution in [3.8, 4) is 5.75 Å². The average molecular weight is 441 g/mol. The highest BCUT2D eigenvalue weighted by atomic mass is 16.6. The number of benzene rings is 1. The summed E-state index contributed by atoms with van der Waals surface area (Å²) < 4.78 is 11.7. The molecule has 0 bridgehead atoms. The summed E-state index contributed by atoms with van der Waals surface area (Å²) in [6.07, 6.45) is 5.36. The molecule has 0 aliphatic heterocycles. The molecule has 0 spiro atoms. The van der Waals surface area contributed by atoms with Gasteiger partial charge in [-0.3, -0.25) is 4.79 Å². The minimum absolute atomic E-state index is 0.191. The Hall–Kier alpha value is -2.30. The normalized spacial score (nSPS) is 19.6. The third kappa shape index (κ3) is 6.85. The maximum Gasteiger partial charge on any atom is 0.308 e. The molecular formula is C27H40N2O3. The standard InChI is InChI=1S/C27H40N2O3/c1-26(2,3)20-9-11-21(12-10-20)31-22-13-14-23-19(18-22)8-15-24(28-23)29(7)17-16-25(30)32-27(4,5)6/h8,13-15,18,20-21H,9-12,16-17H2,1-7H3. The molecule has 1 aromatic carbocycles. The number of hydrogen-bond acceptors (Lipinski definition) is 5. The second-order valence-corrected chi connectivity index (χ2v) is 11.2. The number of carbonyl (C=O) groups is 1. The van der Waals surface area contributed by atoms with Crippen LogP contribution in [-0.4, -0.2) is 36.3 Å². The second kappa shape index (κ2) is 9.68. The highest BCUT2D eigenvalue weighted by molar-refractivity contribution is 5.82. The van der Waals surface area contributed by atoms with E-state index in [1.165, 1.54) is 12.8 Å². The Morgan fingerprint density at radius 3 is 2.34 bits per heavy atom. The summed E-state index contributed by atoms with van der Waals surface area (Å²) in [6.45, 7) is 13.2. The molecule has 0 radical (unpaired) electrons. The van der Waals surface area contributed by atoms with Gasteiger partial charge in [-0.25, -0.2) is 4.98 Å². The zero-order valence-electron chi connectivity index (χ0n) is 20.9. The minimum atomic E-state index is -0.456. The van der Waals surface area contributed by atoms with Gasteiger partial charge in [0, 0.05) is 19.0 Å². The topological polar surface area (TPSA) is 51.7 Å². The predicted molar refractivity (Wildman–Crippen MR) is 131 cm³/mol. The highest BCUT2D eigenvalue weighted by Gasteiger charge is 2.30. The molecule has 1 aliphatic carbocycles. The number of anilines is 1. The minimum Gasteiger partial charge on any atom is -0.490 e. The van der Waals surface area contributed by atoms with E-state index in [1.54, 1.807) is 0 Å². The van der Waals surface area contributed by atoms with Crippen molar-refractivity contribution in [2.24, 2.45) is 11.3 Å². The van der Waals surface area contributed by atoms with Crippen molar-refractivity contribution in [2.45, 2.75) is 85.4 Å². The maximum absolute atomic E-state index is 12.0. The lowest BCUT2D eigenvalue weighted by molar-refractivity contribution is -0.154. The van der Waals surface area contributed by atoms with Gasteiger partial charge in [-0.1, -0.05) is 20.8 Å². The first kappa shape index (κ1) is 24.3. The van der Waals surface area contributed by atoms with Crippen LogP contribution in [0.5, 0.6) is 5.75 Å². The van der Waals surface area contributed by atoms with Crippen molar-refractivity contribution in [2.75, 3.05) is 18.5 Å². The summed E-state index contributed by atoms with van der Waals surface area (Å²) in [6, 6.07) is 10.2. The summed E-state index contributed by atoms with van der Waals surface area (Å²) in [4.78, 5) is 18.7. The Morgan fingerprint density at radius 1 is 1.03 bits per heavy atom. The molecule has 0 atom stereocenters. The molecule has 176 valence electrons. The van der Waals surface area contributed by atoms with Gasteiger partial charge in [0.15, 0.2) is 0 Å². The van der Waals surface area contributed by atoms with Crippen molar-refractivity contribution in [1.82, 2.24) is 4.98 Å². The lowest BCUT2D eigenvalue weighted by Gasteiger charge is -2.36. The molecule has 5 nitrogen and oxygen atoms in total. The van der Waals surface area contributed by atoms with Gasteiger partial charge in [0.2, 0.25) is 0 Å². The molecule has 1 aromatic heterocycles. The number of nitrogens with zero attached hydrogens (tertiary/aromatic N) is 2. The summed E-state index contributed by atoms with van der Waals surface area (Å²) >= 11 is 0. The quantitative estimate of drug-likeness (QED) is 0.487. The van der Waals surface area contributed by atoms with E-state index in [0.29, 0.717) is 24.5 Å². The first-order valence-electron chi connectivity index (χ1n) is 11.9. The number of hydrogen-bond donors (Lipinski definition) is 0. The Labute approximate surface area is 193 Å². The molecule has 1 heterocycles. The van der Waals surface area contributed by atoms with Crippen LogP contribution in [0.3, 0.4) is 0 Å². The first-order valence-corrected chi connectivity index (χ1v) is 11.9. The van der Waals surface area contributed by atoms with Gasteiger partial charge >= 0.3 is 5.97 Å². The summed E-state index contributed by atoms with van der Waals surface area (Å²) in [5.74, 6) is 2.36. The molecule has 1 aliphatic rings. The Balaban J connectivity index is 1.57. The SMILES string of the molecule is CN(CCC(=O)OC(C)(C)C)c1ccc2cc(OC3CCC(C(C)(C)C)CC3)ccc2n1. The fraction of sp³-hybridized carbons (Fsp3) is 0.630. The van der Waals surface area contributed by atoms with Gasteiger partial charge in [-0.2, -0.15) is 0 Å². The van der Waals surface area contributed by atoms with E-state index in [9.17, 15) is 4.79 Å². The highest BCUT2D eigenvalue weighted by Crippen LogP contribution is 2.39. The molecule has 1 fully saturated rings. The van der Waals surface area contributed by atoms with Gasteiger partial charge in [-0.05, 0) is 88.1 Å². The lowest BCUT2D eigenvalue weighted by Crippen LogP contribution is -2.30. The van der Waals surface area contributed by atoms with E-state index in [1.807, 2.05) is 50.9 Å². The van der Waals surface area contributed by atoms with E-state index in [2.05, 4.69) is 32.9 Å². The van der Waals surface area contributed by atoms with Gasteiger partial charge in [0.1, 0.15) is 17.2 Å². The van der Waals surface area contributed by atoms with Crippen LogP contribution in [0.1, 0.15) is 73.6 Å². The number of fused-ring (bicyclic) bond motifs is 1. The van der Waals surface area contributed by atoms with Crippen LogP contribution in [0.25, 0.3) is 10.9 Å². The molecule has 0 unspecified atom stereocenters. The van der Waals surface area contributed by atoms with Crippen LogP contribution in [0, 0.1) is 11.3 Å². The number of rotatable bonds is 6. The molecule has 1 saturated carbocycles. The monoisotopic (exact) mass is 440 g/mol. The van der Waals surface area contributed by atoms with Crippen molar-refractivity contribution >= 4 is 22.7 Å². The van der Waals surface area contributed by atoms with E-state index < -0.39 is 5.60 Å². The number of carbonyl (C=O) groups excluding carboxylic acids is 1. The summed E-state index contributed by atoms with van der Waals surface area (Å²) in [5, 5.41) is 1.06. The van der Waals surface area contributed by atoms with Gasteiger partial charge in [0.05, 0.1) is 18.0 Å². The van der Waals surface area contributed by atoms with Gasteiger partial charge in [0.25, 0.3) is 0 Å². The van der Waals surface area contributed by atoms with Gasteiger partial charge in [-0.15, -0.1) is 0 Å².